The normalized spacial score (nSPS) is 19.2. The predicted octanol–water partition coefficient (Wildman–Crippen LogP) is 1.76. The van der Waals surface area contributed by atoms with Crippen molar-refractivity contribution in [2.24, 2.45) is 0 Å². The number of sulfonamides is 1. The molecule has 0 radical (unpaired) electrons. The molecule has 8 nitrogen and oxygen atoms in total. The van der Waals surface area contributed by atoms with Gasteiger partial charge in [-0.25, -0.2) is 8.42 Å². The van der Waals surface area contributed by atoms with Crippen molar-refractivity contribution in [2.75, 3.05) is 13.1 Å². The summed E-state index contributed by atoms with van der Waals surface area (Å²) in [5.74, 6) is 0.00893. The van der Waals surface area contributed by atoms with Crippen LogP contribution in [0.15, 0.2) is 29.2 Å². The Morgan fingerprint density at radius 2 is 1.64 bits per heavy atom. The number of amides is 1. The zero-order valence-corrected chi connectivity index (χ0v) is 14.8. The molecular formula is C16H21N3O5S. The molecule has 2 aliphatic rings. The van der Waals surface area contributed by atoms with Crippen molar-refractivity contribution in [1.82, 2.24) is 9.21 Å². The lowest BCUT2D eigenvalue weighted by Crippen LogP contribution is -2.49. The molecule has 0 spiro atoms. The van der Waals surface area contributed by atoms with Gasteiger partial charge in [0.15, 0.2) is 0 Å². The summed E-state index contributed by atoms with van der Waals surface area (Å²) >= 11 is 0. The van der Waals surface area contributed by atoms with Crippen molar-refractivity contribution < 1.29 is 18.1 Å². The van der Waals surface area contributed by atoms with E-state index >= 15 is 0 Å². The van der Waals surface area contributed by atoms with Gasteiger partial charge in [-0.1, -0.05) is 0 Å². The van der Waals surface area contributed by atoms with Gasteiger partial charge >= 0.3 is 0 Å². The van der Waals surface area contributed by atoms with Crippen LogP contribution in [0.1, 0.15) is 32.6 Å². The lowest BCUT2D eigenvalue weighted by atomic mass is 10.0. The maximum atomic E-state index is 13.1. The molecule has 3 rings (SSSR count). The Hall–Kier alpha value is -2.00. The highest BCUT2D eigenvalue weighted by Gasteiger charge is 2.43. The van der Waals surface area contributed by atoms with E-state index in [0.717, 1.165) is 12.8 Å². The number of benzene rings is 1. The van der Waals surface area contributed by atoms with Crippen LogP contribution in [-0.2, 0) is 14.8 Å². The molecule has 0 unspecified atom stereocenters. The van der Waals surface area contributed by atoms with Gasteiger partial charge in [0.05, 0.1) is 9.82 Å². The standard InChI is InChI=1S/C16H21N3O5S/c1-12(20)17-10-8-14(9-11-17)18(13-2-3-13)25(23,24)16-6-4-15(5-7-16)19(21)22/h4-7,13-14H,2-3,8-11H2,1H3. The Balaban J connectivity index is 1.82. The summed E-state index contributed by atoms with van der Waals surface area (Å²) < 4.78 is 27.7. The molecule has 136 valence electrons. The van der Waals surface area contributed by atoms with Gasteiger partial charge in [-0.2, -0.15) is 4.31 Å². The number of carbonyl (C=O) groups is 1. The van der Waals surface area contributed by atoms with Crippen LogP contribution in [0.5, 0.6) is 0 Å². The molecule has 1 aliphatic carbocycles. The van der Waals surface area contributed by atoms with Gasteiger partial charge in [-0.3, -0.25) is 14.9 Å². The zero-order chi connectivity index (χ0) is 18.2. The first-order chi connectivity index (χ1) is 11.8. The van der Waals surface area contributed by atoms with Gasteiger partial charge in [-0.05, 0) is 37.8 Å². The summed E-state index contributed by atoms with van der Waals surface area (Å²) in [6.07, 6.45) is 2.89. The number of hydrogen-bond acceptors (Lipinski definition) is 5. The third-order valence-electron chi connectivity index (χ3n) is 4.80. The van der Waals surface area contributed by atoms with Crippen LogP contribution in [-0.4, -0.2) is 53.6 Å². The number of carbonyl (C=O) groups excluding carboxylic acids is 1. The maximum Gasteiger partial charge on any atom is 0.269 e. The van der Waals surface area contributed by atoms with E-state index in [2.05, 4.69) is 0 Å². The fraction of sp³-hybridized carbons (Fsp3) is 0.562. The lowest BCUT2D eigenvalue weighted by Gasteiger charge is -2.37. The highest BCUT2D eigenvalue weighted by molar-refractivity contribution is 7.89. The van der Waals surface area contributed by atoms with Crippen LogP contribution < -0.4 is 0 Å². The quantitative estimate of drug-likeness (QED) is 0.583. The van der Waals surface area contributed by atoms with Crippen molar-refractivity contribution in [3.05, 3.63) is 34.4 Å². The number of non-ortho nitro benzene ring substituents is 1. The first-order valence-corrected chi connectivity index (χ1v) is 9.78. The van der Waals surface area contributed by atoms with Crippen LogP contribution in [0, 0.1) is 10.1 Å². The number of nitro groups is 1. The Morgan fingerprint density at radius 1 is 1.12 bits per heavy atom. The minimum absolute atomic E-state index is 0.00549. The van der Waals surface area contributed by atoms with Crippen molar-refractivity contribution >= 4 is 21.6 Å². The number of nitrogens with zero attached hydrogens (tertiary/aromatic N) is 3. The average Bonchev–Trinajstić information content (AvgIpc) is 3.40. The lowest BCUT2D eigenvalue weighted by molar-refractivity contribution is -0.384. The van der Waals surface area contributed by atoms with E-state index in [-0.39, 0.29) is 28.6 Å². The van der Waals surface area contributed by atoms with Crippen molar-refractivity contribution in [3.8, 4) is 0 Å². The molecule has 2 fully saturated rings. The van der Waals surface area contributed by atoms with Crippen LogP contribution in [0.4, 0.5) is 5.69 Å². The second-order valence-corrected chi connectivity index (χ2v) is 8.40. The van der Waals surface area contributed by atoms with Crippen molar-refractivity contribution in [3.63, 3.8) is 0 Å². The van der Waals surface area contributed by atoms with Crippen molar-refractivity contribution in [2.45, 2.75) is 49.6 Å². The molecular weight excluding hydrogens is 346 g/mol. The monoisotopic (exact) mass is 367 g/mol. The molecule has 1 aliphatic heterocycles. The molecule has 1 saturated heterocycles. The molecule has 1 aromatic rings. The summed E-state index contributed by atoms with van der Waals surface area (Å²) in [5, 5.41) is 10.8. The Bertz CT molecular complexity index is 765. The first-order valence-electron chi connectivity index (χ1n) is 8.34. The van der Waals surface area contributed by atoms with Gasteiger partial charge in [0, 0.05) is 44.2 Å². The molecule has 1 amide bonds. The van der Waals surface area contributed by atoms with Gasteiger partial charge in [-0.15, -0.1) is 0 Å². The SMILES string of the molecule is CC(=O)N1CCC(N(C2CC2)S(=O)(=O)c2ccc([N+](=O)[O-])cc2)CC1. The molecule has 1 saturated carbocycles. The first kappa shape index (κ1) is 17.8. The molecule has 25 heavy (non-hydrogen) atoms. The number of likely N-dealkylation sites (tertiary alicyclic amines) is 1. The fourth-order valence-corrected chi connectivity index (χ4v) is 5.25. The number of piperidine rings is 1. The third-order valence-corrected chi connectivity index (χ3v) is 6.82. The second-order valence-electron chi connectivity index (χ2n) is 6.55. The molecule has 9 heteroatoms. The largest absolute Gasteiger partial charge is 0.343 e. The Morgan fingerprint density at radius 3 is 2.08 bits per heavy atom. The fourth-order valence-electron chi connectivity index (χ4n) is 3.32. The average molecular weight is 367 g/mol. The predicted molar refractivity (Wildman–Crippen MR) is 90.4 cm³/mol. The maximum absolute atomic E-state index is 13.1. The molecule has 1 heterocycles. The second kappa shape index (κ2) is 6.72. The van der Waals surface area contributed by atoms with Gasteiger partial charge in [0.1, 0.15) is 0 Å². The summed E-state index contributed by atoms with van der Waals surface area (Å²) in [5.41, 5.74) is -0.133. The molecule has 1 aromatic carbocycles. The topological polar surface area (TPSA) is 101 Å². The van der Waals surface area contributed by atoms with E-state index in [1.165, 1.54) is 31.2 Å². The van der Waals surface area contributed by atoms with E-state index in [1.807, 2.05) is 0 Å². The van der Waals surface area contributed by atoms with E-state index in [1.54, 1.807) is 9.21 Å². The van der Waals surface area contributed by atoms with Crippen molar-refractivity contribution in [1.29, 1.82) is 0 Å². The summed E-state index contributed by atoms with van der Waals surface area (Å²) in [6, 6.07) is 4.89. The molecule has 0 aromatic heterocycles. The summed E-state index contributed by atoms with van der Waals surface area (Å²) in [6.45, 7) is 2.63. The Labute approximate surface area is 146 Å². The summed E-state index contributed by atoms with van der Waals surface area (Å²) in [4.78, 5) is 23.5. The number of hydrogen-bond donors (Lipinski definition) is 0. The minimum atomic E-state index is -3.71. The van der Waals surface area contributed by atoms with E-state index in [4.69, 9.17) is 0 Å². The highest BCUT2D eigenvalue weighted by Crippen LogP contribution is 2.37. The van der Waals surface area contributed by atoms with E-state index in [9.17, 15) is 23.3 Å². The molecule has 0 N–H and O–H groups in total. The molecule has 0 bridgehead atoms. The van der Waals surface area contributed by atoms with Crippen LogP contribution in [0.3, 0.4) is 0 Å². The zero-order valence-electron chi connectivity index (χ0n) is 14.0. The highest BCUT2D eigenvalue weighted by atomic mass is 32.2. The van der Waals surface area contributed by atoms with Crippen LogP contribution >= 0.6 is 0 Å². The number of nitro benzene ring substituents is 1. The van der Waals surface area contributed by atoms with Crippen LogP contribution in [0.2, 0.25) is 0 Å². The van der Waals surface area contributed by atoms with Gasteiger partial charge in [0.25, 0.3) is 5.69 Å². The van der Waals surface area contributed by atoms with Crippen LogP contribution in [0.25, 0.3) is 0 Å². The molecule has 0 atom stereocenters. The Kier molecular flexibility index (Phi) is 4.79. The smallest absolute Gasteiger partial charge is 0.269 e. The summed E-state index contributed by atoms with van der Waals surface area (Å²) in [7, 11) is -3.71. The van der Waals surface area contributed by atoms with E-state index in [0.29, 0.717) is 25.9 Å². The van der Waals surface area contributed by atoms with Gasteiger partial charge in [0.2, 0.25) is 15.9 Å². The third kappa shape index (κ3) is 3.67. The van der Waals surface area contributed by atoms with Gasteiger partial charge < -0.3 is 4.90 Å². The number of rotatable bonds is 5. The minimum Gasteiger partial charge on any atom is -0.343 e. The van der Waals surface area contributed by atoms with E-state index < -0.39 is 14.9 Å².